The lowest BCUT2D eigenvalue weighted by Crippen LogP contribution is -2.35. The Hall–Kier alpha value is -3.79. The van der Waals surface area contributed by atoms with Crippen molar-refractivity contribution >= 4 is 6.03 Å². The second-order valence-electron chi connectivity index (χ2n) is 6.83. The van der Waals surface area contributed by atoms with Crippen LogP contribution in [0.25, 0.3) is 5.69 Å². The summed E-state index contributed by atoms with van der Waals surface area (Å²) < 4.78 is 7.16. The van der Waals surface area contributed by atoms with Crippen LogP contribution in [0.4, 0.5) is 4.79 Å². The molecule has 30 heavy (non-hydrogen) atoms. The molecule has 0 aliphatic rings. The van der Waals surface area contributed by atoms with Crippen LogP contribution in [0.1, 0.15) is 23.2 Å². The molecule has 7 nitrogen and oxygen atoms in total. The molecule has 1 aromatic heterocycles. The molecule has 2 N–H and O–H groups in total. The molecule has 2 aromatic carbocycles. The van der Waals surface area contributed by atoms with Crippen LogP contribution >= 0.6 is 0 Å². The summed E-state index contributed by atoms with van der Waals surface area (Å²) in [6, 6.07) is 19.0. The second kappa shape index (κ2) is 10.7. The topological polar surface area (TPSA) is 92.0 Å². The summed E-state index contributed by atoms with van der Waals surface area (Å²) in [4.78, 5) is 12.0. The molecule has 3 rings (SSSR count). The number of hydrogen-bond donors (Lipinski definition) is 2. The monoisotopic (exact) mass is 403 g/mol. The van der Waals surface area contributed by atoms with E-state index in [1.54, 1.807) is 6.07 Å². The normalized spacial score (nSPS) is 10.3. The Kier molecular flexibility index (Phi) is 7.45. The fourth-order valence-electron chi connectivity index (χ4n) is 3.04. The highest BCUT2D eigenvalue weighted by Crippen LogP contribution is 2.14. The lowest BCUT2D eigenvalue weighted by Gasteiger charge is -2.09. The number of nitrogens with zero attached hydrogens (tertiary/aromatic N) is 3. The highest BCUT2D eigenvalue weighted by Gasteiger charge is 2.07. The molecular formula is C23H25N5O2. The van der Waals surface area contributed by atoms with Crippen molar-refractivity contribution in [2.45, 2.75) is 26.3 Å². The van der Waals surface area contributed by atoms with Gasteiger partial charge in [0.15, 0.2) is 6.61 Å². The molecule has 0 fully saturated rings. The number of nitriles is 1. The summed E-state index contributed by atoms with van der Waals surface area (Å²) >= 11 is 0. The van der Waals surface area contributed by atoms with Crippen molar-refractivity contribution in [1.82, 2.24) is 20.4 Å². The molecule has 154 valence electrons. The van der Waals surface area contributed by atoms with E-state index in [-0.39, 0.29) is 12.6 Å². The number of carbonyl (C=O) groups excluding carboxylic acids is 1. The Labute approximate surface area is 176 Å². The maximum absolute atomic E-state index is 12.0. The van der Waals surface area contributed by atoms with E-state index in [0.29, 0.717) is 18.8 Å². The van der Waals surface area contributed by atoms with Crippen LogP contribution in [0.15, 0.2) is 60.8 Å². The molecule has 1 heterocycles. The van der Waals surface area contributed by atoms with Gasteiger partial charge in [0, 0.05) is 19.3 Å². The molecular weight excluding hydrogens is 378 g/mol. The van der Waals surface area contributed by atoms with Crippen LogP contribution in [0.3, 0.4) is 0 Å². The molecule has 7 heteroatoms. The van der Waals surface area contributed by atoms with Crippen molar-refractivity contribution in [2.24, 2.45) is 0 Å². The van der Waals surface area contributed by atoms with Gasteiger partial charge in [-0.3, -0.25) is 0 Å². The SMILES string of the molecule is Cc1nn(-c2ccccc2)cc1CCCNC(=O)NCc1cccc(OCC#N)c1. The molecule has 0 bridgehead atoms. The maximum atomic E-state index is 12.0. The van der Waals surface area contributed by atoms with Gasteiger partial charge in [-0.1, -0.05) is 30.3 Å². The fraction of sp³-hybridized carbons (Fsp3) is 0.261. The summed E-state index contributed by atoms with van der Waals surface area (Å²) in [7, 11) is 0. The number of ether oxygens (including phenoxy) is 1. The molecule has 0 saturated heterocycles. The number of aryl methyl sites for hydroxylation is 2. The van der Waals surface area contributed by atoms with Crippen molar-refractivity contribution in [3.05, 3.63) is 77.6 Å². The molecule has 0 saturated carbocycles. The van der Waals surface area contributed by atoms with Crippen molar-refractivity contribution in [2.75, 3.05) is 13.2 Å². The van der Waals surface area contributed by atoms with Gasteiger partial charge in [0.25, 0.3) is 0 Å². The number of aromatic nitrogens is 2. The van der Waals surface area contributed by atoms with E-state index in [1.807, 2.05) is 72.4 Å². The van der Waals surface area contributed by atoms with Crippen molar-refractivity contribution < 1.29 is 9.53 Å². The number of rotatable bonds is 9. The van der Waals surface area contributed by atoms with Crippen LogP contribution in [0, 0.1) is 18.3 Å². The Morgan fingerprint density at radius 2 is 2.00 bits per heavy atom. The van der Waals surface area contributed by atoms with E-state index >= 15 is 0 Å². The van der Waals surface area contributed by atoms with Crippen molar-refractivity contribution in [1.29, 1.82) is 5.26 Å². The van der Waals surface area contributed by atoms with Gasteiger partial charge in [-0.25, -0.2) is 9.48 Å². The summed E-state index contributed by atoms with van der Waals surface area (Å²) in [5, 5.41) is 18.9. The average molecular weight is 403 g/mol. The maximum Gasteiger partial charge on any atom is 0.315 e. The smallest absolute Gasteiger partial charge is 0.315 e. The van der Waals surface area contributed by atoms with Gasteiger partial charge >= 0.3 is 6.03 Å². The number of benzene rings is 2. The first kappa shape index (κ1) is 20.9. The zero-order valence-electron chi connectivity index (χ0n) is 17.0. The fourth-order valence-corrected chi connectivity index (χ4v) is 3.04. The predicted molar refractivity (Wildman–Crippen MR) is 114 cm³/mol. The standard InChI is InChI=1S/C23H25N5O2/c1-18-20(17-28(27-18)21-9-3-2-4-10-21)8-6-13-25-23(29)26-16-19-7-5-11-22(15-19)30-14-12-24/h2-5,7,9-11,15,17H,6,8,13-14,16H2,1H3,(H2,25,26,29). The summed E-state index contributed by atoms with van der Waals surface area (Å²) in [5.41, 5.74) is 4.12. The third-order valence-corrected chi connectivity index (χ3v) is 4.58. The Morgan fingerprint density at radius 3 is 2.80 bits per heavy atom. The van der Waals surface area contributed by atoms with Crippen LogP contribution < -0.4 is 15.4 Å². The van der Waals surface area contributed by atoms with E-state index in [9.17, 15) is 4.79 Å². The minimum atomic E-state index is -0.213. The third-order valence-electron chi connectivity index (χ3n) is 4.58. The molecule has 0 radical (unpaired) electrons. The van der Waals surface area contributed by atoms with E-state index in [4.69, 9.17) is 10.00 Å². The van der Waals surface area contributed by atoms with Crippen molar-refractivity contribution in [3.63, 3.8) is 0 Å². The molecule has 0 atom stereocenters. The largest absolute Gasteiger partial charge is 0.479 e. The second-order valence-corrected chi connectivity index (χ2v) is 6.83. The lowest BCUT2D eigenvalue weighted by molar-refractivity contribution is 0.240. The third kappa shape index (κ3) is 6.11. The first-order valence-electron chi connectivity index (χ1n) is 9.86. The van der Waals surface area contributed by atoms with Crippen LogP contribution in [0.2, 0.25) is 0 Å². The highest BCUT2D eigenvalue weighted by molar-refractivity contribution is 5.73. The minimum Gasteiger partial charge on any atom is -0.479 e. The molecule has 0 unspecified atom stereocenters. The highest BCUT2D eigenvalue weighted by atomic mass is 16.5. The zero-order chi connectivity index (χ0) is 21.2. The van der Waals surface area contributed by atoms with Gasteiger partial charge in [0.1, 0.15) is 11.8 Å². The average Bonchev–Trinajstić information content (AvgIpc) is 3.15. The quantitative estimate of drug-likeness (QED) is 0.535. The van der Waals surface area contributed by atoms with Gasteiger partial charge in [0.2, 0.25) is 0 Å². The Balaban J connectivity index is 1.39. The number of hydrogen-bond acceptors (Lipinski definition) is 4. The number of urea groups is 1. The molecule has 0 aliphatic heterocycles. The van der Waals surface area contributed by atoms with E-state index in [0.717, 1.165) is 29.8 Å². The Morgan fingerprint density at radius 1 is 1.17 bits per heavy atom. The van der Waals surface area contributed by atoms with E-state index in [2.05, 4.69) is 15.7 Å². The van der Waals surface area contributed by atoms with Gasteiger partial charge in [-0.05, 0) is 55.2 Å². The summed E-state index contributed by atoms with van der Waals surface area (Å²) in [6.45, 7) is 2.97. The van der Waals surface area contributed by atoms with Gasteiger partial charge in [-0.2, -0.15) is 10.4 Å². The minimum absolute atomic E-state index is 0.00109. The van der Waals surface area contributed by atoms with Crippen LogP contribution in [-0.2, 0) is 13.0 Å². The molecule has 3 aromatic rings. The number of amides is 2. The van der Waals surface area contributed by atoms with Gasteiger partial charge in [0.05, 0.1) is 11.4 Å². The number of carbonyl (C=O) groups is 1. The molecule has 0 spiro atoms. The molecule has 2 amide bonds. The zero-order valence-corrected chi connectivity index (χ0v) is 17.0. The van der Waals surface area contributed by atoms with Gasteiger partial charge < -0.3 is 15.4 Å². The van der Waals surface area contributed by atoms with E-state index in [1.165, 1.54) is 5.56 Å². The predicted octanol–water partition coefficient (Wildman–Crippen LogP) is 3.52. The first-order chi connectivity index (χ1) is 14.7. The summed E-state index contributed by atoms with van der Waals surface area (Å²) in [6.07, 6.45) is 3.72. The van der Waals surface area contributed by atoms with Gasteiger partial charge in [-0.15, -0.1) is 0 Å². The van der Waals surface area contributed by atoms with E-state index < -0.39 is 0 Å². The summed E-state index contributed by atoms with van der Waals surface area (Å²) in [5.74, 6) is 0.614. The molecule has 0 aliphatic carbocycles. The van der Waals surface area contributed by atoms with Crippen molar-refractivity contribution in [3.8, 4) is 17.5 Å². The number of para-hydroxylation sites is 1. The van der Waals surface area contributed by atoms with Crippen LogP contribution in [0.5, 0.6) is 5.75 Å². The number of nitrogens with one attached hydrogen (secondary N) is 2. The Bertz CT molecular complexity index is 1010. The van der Waals surface area contributed by atoms with Crippen LogP contribution in [-0.4, -0.2) is 29.0 Å². The first-order valence-corrected chi connectivity index (χ1v) is 9.86. The lowest BCUT2D eigenvalue weighted by atomic mass is 10.1.